The number of pyridine rings is 1. The second-order valence-corrected chi connectivity index (χ2v) is 6.19. The van der Waals surface area contributed by atoms with E-state index in [-0.39, 0.29) is 12.2 Å². The van der Waals surface area contributed by atoms with Crippen LogP contribution >= 0.6 is 0 Å². The summed E-state index contributed by atoms with van der Waals surface area (Å²) in [6.45, 7) is 3.89. The maximum Gasteiger partial charge on any atom is 0.347 e. The highest BCUT2D eigenvalue weighted by atomic mass is 16.5. The molecule has 1 N–H and O–H groups in total. The van der Waals surface area contributed by atoms with E-state index in [0.29, 0.717) is 34.9 Å². The monoisotopic (exact) mass is 359 g/mol. The first-order valence-electron chi connectivity index (χ1n) is 8.31. The quantitative estimate of drug-likeness (QED) is 0.604. The van der Waals surface area contributed by atoms with Crippen LogP contribution in [0.3, 0.4) is 0 Å². The van der Waals surface area contributed by atoms with Gasteiger partial charge in [-0.3, -0.25) is 4.79 Å². The highest BCUT2D eigenvalue weighted by molar-refractivity contribution is 6.00. The van der Waals surface area contributed by atoms with E-state index in [2.05, 4.69) is 6.58 Å². The van der Waals surface area contributed by atoms with E-state index in [1.54, 1.807) is 12.1 Å². The minimum absolute atomic E-state index is 0.0513. The van der Waals surface area contributed by atoms with Gasteiger partial charge in [0.15, 0.2) is 17.1 Å². The Morgan fingerprint density at radius 1 is 1.31 bits per heavy atom. The molecule has 7 nitrogen and oxygen atoms in total. The normalized spacial score (nSPS) is 13.5. The number of carbonyl (C=O) groups excluding carboxylic acids is 1. The summed E-state index contributed by atoms with van der Waals surface area (Å²) in [6.07, 6.45) is 3.45. The van der Waals surface area contributed by atoms with Crippen molar-refractivity contribution in [3.63, 3.8) is 0 Å². The predicted octanol–water partition coefficient (Wildman–Crippen LogP) is 2.48. The summed E-state index contributed by atoms with van der Waals surface area (Å²) in [5.41, 5.74) is -0.479. The van der Waals surface area contributed by atoms with Crippen LogP contribution < -0.4 is 15.0 Å². The molecule has 1 saturated carbocycles. The molecule has 1 aliphatic rings. The molecule has 3 rings (SSSR count). The van der Waals surface area contributed by atoms with Gasteiger partial charge in [0.2, 0.25) is 0 Å². The maximum absolute atomic E-state index is 12.9. The molecule has 0 aliphatic heterocycles. The van der Waals surface area contributed by atoms with Gasteiger partial charge in [-0.25, -0.2) is 4.79 Å². The maximum atomic E-state index is 12.9. The summed E-state index contributed by atoms with van der Waals surface area (Å²) in [6, 6.07) is 3.19. The van der Waals surface area contributed by atoms with Crippen molar-refractivity contribution >= 4 is 16.9 Å². The number of fused-ring (bicyclic) bond motifs is 1. The fourth-order valence-corrected chi connectivity index (χ4v) is 2.89. The van der Waals surface area contributed by atoms with Crippen molar-refractivity contribution < 1.29 is 24.1 Å². The summed E-state index contributed by atoms with van der Waals surface area (Å²) >= 11 is 0. The van der Waals surface area contributed by atoms with Crippen molar-refractivity contribution in [1.29, 1.82) is 0 Å². The molecule has 138 valence electrons. The van der Waals surface area contributed by atoms with Crippen LogP contribution in [0.25, 0.3) is 10.9 Å². The van der Waals surface area contributed by atoms with Crippen LogP contribution in [-0.4, -0.2) is 36.5 Å². The number of methoxy groups -OCH3 is 2. The van der Waals surface area contributed by atoms with E-state index in [1.807, 2.05) is 0 Å². The van der Waals surface area contributed by atoms with Crippen LogP contribution in [0, 0.1) is 5.92 Å². The molecule has 0 spiro atoms. The Morgan fingerprint density at radius 3 is 2.54 bits per heavy atom. The van der Waals surface area contributed by atoms with E-state index >= 15 is 0 Å². The summed E-state index contributed by atoms with van der Waals surface area (Å²) in [4.78, 5) is 25.3. The van der Waals surface area contributed by atoms with Gasteiger partial charge < -0.3 is 23.9 Å². The van der Waals surface area contributed by atoms with Gasteiger partial charge >= 0.3 is 5.97 Å². The molecule has 0 saturated heterocycles. The smallest absolute Gasteiger partial charge is 0.347 e. The first-order valence-corrected chi connectivity index (χ1v) is 8.31. The van der Waals surface area contributed by atoms with Crippen LogP contribution in [-0.2, 0) is 11.3 Å². The number of nitrogens with zero attached hydrogens (tertiary/aromatic N) is 1. The van der Waals surface area contributed by atoms with E-state index in [4.69, 9.17) is 14.2 Å². The number of hydrogen-bond donors (Lipinski definition) is 1. The van der Waals surface area contributed by atoms with E-state index < -0.39 is 17.3 Å². The summed E-state index contributed by atoms with van der Waals surface area (Å²) in [5, 5.41) is 10.9. The third-order valence-corrected chi connectivity index (χ3v) is 4.42. The Labute approximate surface area is 150 Å². The van der Waals surface area contributed by atoms with Crippen LogP contribution in [0.5, 0.6) is 17.2 Å². The lowest BCUT2D eigenvalue weighted by Crippen LogP contribution is -2.28. The van der Waals surface area contributed by atoms with Crippen molar-refractivity contribution in [3.8, 4) is 17.2 Å². The second-order valence-electron chi connectivity index (χ2n) is 6.19. The fraction of sp³-hybridized carbons (Fsp3) is 0.368. The van der Waals surface area contributed by atoms with Crippen molar-refractivity contribution in [3.05, 3.63) is 40.7 Å². The largest absolute Gasteiger partial charge is 0.506 e. The van der Waals surface area contributed by atoms with Crippen LogP contribution in [0.4, 0.5) is 0 Å². The van der Waals surface area contributed by atoms with Crippen LogP contribution in [0.2, 0.25) is 0 Å². The average Bonchev–Trinajstić information content (AvgIpc) is 3.46. The highest BCUT2D eigenvalue weighted by Crippen LogP contribution is 2.38. The molecular weight excluding hydrogens is 338 g/mol. The summed E-state index contributed by atoms with van der Waals surface area (Å²) < 4.78 is 17.1. The van der Waals surface area contributed by atoms with Gasteiger partial charge in [0, 0.05) is 18.0 Å². The number of esters is 1. The number of benzene rings is 1. The lowest BCUT2D eigenvalue weighted by Gasteiger charge is -2.16. The first-order chi connectivity index (χ1) is 12.5. The van der Waals surface area contributed by atoms with Crippen molar-refractivity contribution in [2.24, 2.45) is 5.92 Å². The molecule has 26 heavy (non-hydrogen) atoms. The van der Waals surface area contributed by atoms with Gasteiger partial charge in [-0.1, -0.05) is 12.7 Å². The zero-order valence-electron chi connectivity index (χ0n) is 14.8. The first kappa shape index (κ1) is 17.8. The minimum Gasteiger partial charge on any atom is -0.506 e. The molecule has 1 heterocycles. The van der Waals surface area contributed by atoms with E-state index in [0.717, 1.165) is 12.8 Å². The van der Waals surface area contributed by atoms with Crippen molar-refractivity contribution in [2.75, 3.05) is 20.8 Å². The van der Waals surface area contributed by atoms with Gasteiger partial charge in [-0.15, -0.1) is 0 Å². The molecule has 1 aromatic carbocycles. The standard InChI is InChI=1S/C19H21NO6/c1-4-7-26-19(23)16-17(21)12-8-14(24-2)15(25-3)9-13(12)20(18(16)22)10-11-5-6-11/h4,8-9,11,21H,1,5-7,10H2,2-3H3. The zero-order chi connectivity index (χ0) is 18.8. The molecule has 0 bridgehead atoms. The highest BCUT2D eigenvalue weighted by Gasteiger charge is 2.28. The Morgan fingerprint density at radius 2 is 1.96 bits per heavy atom. The van der Waals surface area contributed by atoms with Gasteiger partial charge in [-0.2, -0.15) is 0 Å². The lowest BCUT2D eigenvalue weighted by molar-refractivity contribution is 0.0544. The summed E-state index contributed by atoms with van der Waals surface area (Å²) in [5.74, 6) is -0.103. The fourth-order valence-electron chi connectivity index (χ4n) is 2.89. The van der Waals surface area contributed by atoms with Gasteiger partial charge in [0.05, 0.1) is 19.7 Å². The third-order valence-electron chi connectivity index (χ3n) is 4.42. The van der Waals surface area contributed by atoms with Crippen LogP contribution in [0.15, 0.2) is 29.6 Å². The van der Waals surface area contributed by atoms with Crippen molar-refractivity contribution in [1.82, 2.24) is 4.57 Å². The molecule has 0 radical (unpaired) electrons. The number of aromatic nitrogens is 1. The van der Waals surface area contributed by atoms with Gasteiger partial charge in [0.1, 0.15) is 12.4 Å². The van der Waals surface area contributed by atoms with Crippen molar-refractivity contribution in [2.45, 2.75) is 19.4 Å². The zero-order valence-corrected chi connectivity index (χ0v) is 14.8. The number of rotatable bonds is 7. The van der Waals surface area contributed by atoms with E-state index in [9.17, 15) is 14.7 Å². The van der Waals surface area contributed by atoms with E-state index in [1.165, 1.54) is 24.9 Å². The number of carbonyl (C=O) groups is 1. The SMILES string of the molecule is C=CCOC(=O)c1c(O)c2cc(OC)c(OC)cc2n(CC2CC2)c1=O. The Bertz CT molecular complexity index is 926. The minimum atomic E-state index is -0.881. The molecular formula is C19H21NO6. The molecule has 7 heteroatoms. The second kappa shape index (κ2) is 7.11. The Kier molecular flexibility index (Phi) is 4.88. The van der Waals surface area contributed by atoms with Gasteiger partial charge in [-0.05, 0) is 24.8 Å². The molecule has 0 atom stereocenters. The van der Waals surface area contributed by atoms with Gasteiger partial charge in [0.25, 0.3) is 5.56 Å². The molecule has 0 unspecified atom stereocenters. The Hall–Kier alpha value is -2.96. The topological polar surface area (TPSA) is 87.0 Å². The lowest BCUT2D eigenvalue weighted by atomic mass is 10.1. The molecule has 1 aliphatic carbocycles. The third kappa shape index (κ3) is 3.12. The number of ether oxygens (including phenoxy) is 3. The number of aromatic hydroxyl groups is 1. The number of hydrogen-bond acceptors (Lipinski definition) is 6. The molecule has 1 aromatic heterocycles. The van der Waals surface area contributed by atoms with Crippen LogP contribution in [0.1, 0.15) is 23.2 Å². The molecule has 2 aromatic rings. The Balaban J connectivity index is 2.29. The summed E-state index contributed by atoms with van der Waals surface area (Å²) in [7, 11) is 2.97. The molecule has 0 amide bonds. The molecule has 1 fully saturated rings. The average molecular weight is 359 g/mol. The predicted molar refractivity (Wildman–Crippen MR) is 96.2 cm³/mol.